The van der Waals surface area contributed by atoms with E-state index in [0.29, 0.717) is 0 Å². The van der Waals surface area contributed by atoms with Gasteiger partial charge in [-0.3, -0.25) is 0 Å². The summed E-state index contributed by atoms with van der Waals surface area (Å²) in [6.07, 6.45) is 0. The average Bonchev–Trinajstić information content (AvgIpc) is 2.25. The summed E-state index contributed by atoms with van der Waals surface area (Å²) in [7, 11) is 3.26. The van der Waals surface area contributed by atoms with Crippen molar-refractivity contribution in [2.45, 2.75) is 11.5 Å². The molecule has 0 aliphatic carbocycles. The van der Waals surface area contributed by atoms with Crippen LogP contribution in [0.3, 0.4) is 0 Å². The van der Waals surface area contributed by atoms with Crippen LogP contribution in [0.2, 0.25) is 0 Å². The van der Waals surface area contributed by atoms with Gasteiger partial charge in [0.1, 0.15) is 6.61 Å². The van der Waals surface area contributed by atoms with Gasteiger partial charge in [-0.15, -0.1) is 0 Å². The Morgan fingerprint density at radius 1 is 1.83 bits per heavy atom. The van der Waals surface area contributed by atoms with E-state index in [9.17, 15) is 0 Å². The lowest BCUT2D eigenvalue weighted by atomic mass is 10.6. The van der Waals surface area contributed by atoms with Crippen LogP contribution in [0.25, 0.3) is 0 Å². The Morgan fingerprint density at radius 3 is 2.33 bits per heavy atom. The first-order chi connectivity index (χ1) is 2.83. The lowest BCUT2D eigenvalue weighted by molar-refractivity contribution is 0.255. The fourth-order valence-corrected chi connectivity index (χ4v) is 0.822. The van der Waals surface area contributed by atoms with Crippen molar-refractivity contribution in [2.24, 2.45) is 0 Å². The van der Waals surface area contributed by atoms with Gasteiger partial charge in [-0.1, -0.05) is 0 Å². The van der Waals surface area contributed by atoms with Crippen molar-refractivity contribution in [1.29, 1.82) is 0 Å². The van der Waals surface area contributed by atoms with E-state index in [1.165, 1.54) is 0 Å². The minimum absolute atomic E-state index is 0.128. The molecule has 3 radical (unpaired) electrons. The van der Waals surface area contributed by atoms with E-state index < -0.39 is 0 Å². The molecule has 2 heterocycles. The molecule has 0 saturated carbocycles. The van der Waals surface area contributed by atoms with Crippen molar-refractivity contribution in [3.05, 3.63) is 0 Å². The standard InChI is InChI=1S/C3H3O2Si/c6-2-3(5-2)1-4-3/h2H,1H2. The zero-order chi connectivity index (χ0) is 4.20. The Hall–Kier alpha value is 0.137. The molecule has 2 saturated heterocycles. The maximum Gasteiger partial charge on any atom is 0.215 e. The van der Waals surface area contributed by atoms with Crippen LogP contribution in [0, 0.1) is 0 Å². The minimum Gasteiger partial charge on any atom is -0.341 e. The van der Waals surface area contributed by atoms with Crippen LogP contribution in [-0.2, 0) is 9.47 Å². The van der Waals surface area contributed by atoms with Gasteiger partial charge in [0, 0.05) is 0 Å². The smallest absolute Gasteiger partial charge is 0.215 e. The van der Waals surface area contributed by atoms with Gasteiger partial charge in [-0.2, -0.15) is 0 Å². The Kier molecular flexibility index (Phi) is 0.316. The first-order valence-electron chi connectivity index (χ1n) is 1.86. The molecule has 0 aromatic rings. The van der Waals surface area contributed by atoms with E-state index in [1.54, 1.807) is 0 Å². The number of hydrogen-bond donors (Lipinski definition) is 0. The molecular weight excluding hydrogens is 96.1 g/mol. The summed E-state index contributed by atoms with van der Waals surface area (Å²) >= 11 is 0. The lowest BCUT2D eigenvalue weighted by Crippen LogP contribution is -1.90. The summed E-state index contributed by atoms with van der Waals surface area (Å²) in [4.78, 5) is 0. The van der Waals surface area contributed by atoms with Gasteiger partial charge in [0.15, 0.2) is 0 Å². The van der Waals surface area contributed by atoms with E-state index in [0.717, 1.165) is 6.61 Å². The summed E-state index contributed by atoms with van der Waals surface area (Å²) in [5, 5.41) is 0. The van der Waals surface area contributed by atoms with Crippen LogP contribution >= 0.6 is 0 Å². The van der Waals surface area contributed by atoms with Crippen LogP contribution in [-0.4, -0.2) is 28.4 Å². The summed E-state index contributed by atoms with van der Waals surface area (Å²) in [5.41, 5.74) is 0.192. The molecule has 3 heteroatoms. The van der Waals surface area contributed by atoms with Crippen molar-refractivity contribution >= 4 is 10.2 Å². The predicted octanol–water partition coefficient (Wildman–Crippen LogP) is -0.762. The van der Waals surface area contributed by atoms with Crippen molar-refractivity contribution in [3.63, 3.8) is 0 Å². The highest BCUT2D eigenvalue weighted by Gasteiger charge is 2.66. The van der Waals surface area contributed by atoms with E-state index >= 15 is 0 Å². The van der Waals surface area contributed by atoms with Crippen LogP contribution < -0.4 is 0 Å². The quantitative estimate of drug-likeness (QED) is 0.294. The average molecular weight is 99.1 g/mol. The SMILES string of the molecule is [Si]C1OC12CO2. The Bertz CT molecular complexity index is 88.8. The molecule has 0 aromatic heterocycles. The molecule has 0 aromatic carbocycles. The summed E-state index contributed by atoms with van der Waals surface area (Å²) < 4.78 is 9.76. The summed E-state index contributed by atoms with van der Waals surface area (Å²) in [5.74, 6) is -0.128. The topological polar surface area (TPSA) is 25.1 Å². The molecule has 2 rings (SSSR count). The number of rotatable bonds is 0. The van der Waals surface area contributed by atoms with E-state index in [2.05, 4.69) is 10.2 Å². The van der Waals surface area contributed by atoms with Gasteiger partial charge < -0.3 is 9.47 Å². The van der Waals surface area contributed by atoms with Crippen molar-refractivity contribution in [3.8, 4) is 0 Å². The fraction of sp³-hybridized carbons (Fsp3) is 1.00. The van der Waals surface area contributed by atoms with Gasteiger partial charge in [0.2, 0.25) is 5.79 Å². The normalized spacial score (nSPS) is 62.5. The van der Waals surface area contributed by atoms with Crippen LogP contribution in [0.15, 0.2) is 0 Å². The van der Waals surface area contributed by atoms with E-state index in [1.807, 2.05) is 0 Å². The molecule has 2 atom stereocenters. The molecule has 2 aliphatic heterocycles. The lowest BCUT2D eigenvalue weighted by Gasteiger charge is -1.58. The van der Waals surface area contributed by atoms with Crippen LogP contribution in [0.5, 0.6) is 0 Å². The molecular formula is C3H3O2Si. The molecule has 0 N–H and O–H groups in total. The first-order valence-corrected chi connectivity index (χ1v) is 2.44. The molecule has 6 heavy (non-hydrogen) atoms. The van der Waals surface area contributed by atoms with Gasteiger partial charge in [0.05, 0.1) is 16.0 Å². The van der Waals surface area contributed by atoms with Crippen LogP contribution in [0.1, 0.15) is 0 Å². The van der Waals surface area contributed by atoms with Gasteiger partial charge in [0.25, 0.3) is 0 Å². The Morgan fingerprint density at radius 2 is 2.33 bits per heavy atom. The molecule has 1 spiro atoms. The van der Waals surface area contributed by atoms with Gasteiger partial charge in [-0.05, 0) is 0 Å². The highest BCUT2D eigenvalue weighted by molar-refractivity contribution is 6.13. The summed E-state index contributed by atoms with van der Waals surface area (Å²) in [6, 6.07) is 0. The third kappa shape index (κ3) is 0.204. The van der Waals surface area contributed by atoms with E-state index in [-0.39, 0.29) is 11.5 Å². The summed E-state index contributed by atoms with van der Waals surface area (Å²) in [6.45, 7) is 0.779. The monoisotopic (exact) mass is 99.0 g/mol. The molecule has 31 valence electrons. The van der Waals surface area contributed by atoms with Gasteiger partial charge >= 0.3 is 0 Å². The largest absolute Gasteiger partial charge is 0.341 e. The molecule has 2 fully saturated rings. The van der Waals surface area contributed by atoms with Gasteiger partial charge in [-0.25, -0.2) is 0 Å². The van der Waals surface area contributed by atoms with Crippen molar-refractivity contribution < 1.29 is 9.47 Å². The highest BCUT2D eigenvalue weighted by Crippen LogP contribution is 2.46. The third-order valence-corrected chi connectivity index (χ3v) is 1.65. The van der Waals surface area contributed by atoms with Crippen LogP contribution in [0.4, 0.5) is 0 Å². The highest BCUT2D eigenvalue weighted by atomic mass is 28.1. The molecule has 2 aliphatic rings. The predicted molar refractivity (Wildman–Crippen MR) is 19.3 cm³/mol. The second-order valence-corrected chi connectivity index (χ2v) is 2.12. The molecule has 0 amide bonds. The fourth-order valence-electron chi connectivity index (χ4n) is 0.456. The molecule has 0 bridgehead atoms. The molecule has 2 unspecified atom stereocenters. The minimum atomic E-state index is -0.128. The number of hydrogen-bond acceptors (Lipinski definition) is 2. The Balaban J connectivity index is 2.17. The number of ether oxygens (including phenoxy) is 2. The maximum atomic E-state index is 4.91. The second-order valence-electron chi connectivity index (χ2n) is 1.60. The Labute approximate surface area is 38.9 Å². The molecule has 2 nitrogen and oxygen atoms in total. The van der Waals surface area contributed by atoms with Crippen molar-refractivity contribution in [1.82, 2.24) is 0 Å². The van der Waals surface area contributed by atoms with Crippen molar-refractivity contribution in [2.75, 3.05) is 6.61 Å². The number of epoxide rings is 2. The zero-order valence-corrected chi connectivity index (χ0v) is 4.10. The first kappa shape index (κ1) is 3.18. The zero-order valence-electron chi connectivity index (χ0n) is 3.10. The second kappa shape index (κ2) is 0.597. The maximum absolute atomic E-state index is 4.91. The third-order valence-electron chi connectivity index (χ3n) is 1.09. The van der Waals surface area contributed by atoms with E-state index in [4.69, 9.17) is 9.47 Å².